The standard InChI is InChI=1S/C20H18F3N3O2/c1-13(27)24-10-16-11-25(15-8-6-14(7-9-15)20(21,22)23)17-4-2-3-5-18(17)26(16)19(28)12-24/h2-9,16H,10-12H2,1H3/t16-/m1/s1. The van der Waals surface area contributed by atoms with Gasteiger partial charge in [-0.05, 0) is 36.4 Å². The maximum absolute atomic E-state index is 12.9. The average Bonchev–Trinajstić information content (AvgIpc) is 2.66. The molecule has 1 fully saturated rings. The third-order valence-electron chi connectivity index (χ3n) is 5.17. The number of amides is 2. The summed E-state index contributed by atoms with van der Waals surface area (Å²) in [5.74, 6) is -0.334. The molecule has 1 atom stereocenters. The number of anilines is 3. The number of nitrogens with zero attached hydrogens (tertiary/aromatic N) is 3. The van der Waals surface area contributed by atoms with E-state index in [-0.39, 0.29) is 24.4 Å². The van der Waals surface area contributed by atoms with Crippen LogP contribution in [0.25, 0.3) is 0 Å². The van der Waals surface area contributed by atoms with Crippen LogP contribution in [0, 0.1) is 0 Å². The lowest BCUT2D eigenvalue weighted by atomic mass is 10.0. The van der Waals surface area contributed by atoms with Crippen LogP contribution in [0.3, 0.4) is 0 Å². The summed E-state index contributed by atoms with van der Waals surface area (Å²) >= 11 is 0. The minimum absolute atomic E-state index is 0.0282. The second kappa shape index (κ2) is 6.54. The molecule has 0 aromatic heterocycles. The largest absolute Gasteiger partial charge is 0.416 e. The van der Waals surface area contributed by atoms with E-state index in [0.717, 1.165) is 17.8 Å². The molecule has 8 heteroatoms. The van der Waals surface area contributed by atoms with Crippen LogP contribution in [0.1, 0.15) is 12.5 Å². The fourth-order valence-corrected chi connectivity index (χ4v) is 3.83. The van der Waals surface area contributed by atoms with E-state index < -0.39 is 11.7 Å². The lowest BCUT2D eigenvalue weighted by Gasteiger charge is -2.48. The average molecular weight is 389 g/mol. The Balaban J connectivity index is 1.73. The summed E-state index contributed by atoms with van der Waals surface area (Å²) in [5, 5.41) is 0. The molecule has 5 nitrogen and oxygen atoms in total. The molecule has 2 heterocycles. The lowest BCUT2D eigenvalue weighted by Crippen LogP contribution is -2.62. The van der Waals surface area contributed by atoms with Crippen LogP contribution in [-0.4, -0.2) is 42.4 Å². The zero-order chi connectivity index (χ0) is 20.1. The summed E-state index contributed by atoms with van der Waals surface area (Å²) in [6, 6.07) is 12.0. The van der Waals surface area contributed by atoms with Gasteiger partial charge in [-0.25, -0.2) is 0 Å². The van der Waals surface area contributed by atoms with Crippen molar-refractivity contribution in [2.24, 2.45) is 0 Å². The van der Waals surface area contributed by atoms with E-state index in [1.807, 2.05) is 29.2 Å². The van der Waals surface area contributed by atoms with Gasteiger partial charge >= 0.3 is 6.18 Å². The van der Waals surface area contributed by atoms with E-state index in [4.69, 9.17) is 0 Å². The van der Waals surface area contributed by atoms with Gasteiger partial charge in [-0.3, -0.25) is 9.59 Å². The third-order valence-corrected chi connectivity index (χ3v) is 5.17. The molecule has 1 saturated heterocycles. The van der Waals surface area contributed by atoms with Crippen LogP contribution in [0.4, 0.5) is 30.2 Å². The number of carbonyl (C=O) groups excluding carboxylic acids is 2. The number of hydrogen-bond donors (Lipinski definition) is 0. The zero-order valence-corrected chi connectivity index (χ0v) is 15.1. The van der Waals surface area contributed by atoms with Gasteiger partial charge in [-0.2, -0.15) is 13.2 Å². The van der Waals surface area contributed by atoms with E-state index >= 15 is 0 Å². The Labute approximate surface area is 159 Å². The Morgan fingerprint density at radius 3 is 2.25 bits per heavy atom. The van der Waals surface area contributed by atoms with Gasteiger partial charge in [0, 0.05) is 25.7 Å². The van der Waals surface area contributed by atoms with Crippen molar-refractivity contribution in [3.63, 3.8) is 0 Å². The second-order valence-electron chi connectivity index (χ2n) is 6.96. The highest BCUT2D eigenvalue weighted by atomic mass is 19.4. The van der Waals surface area contributed by atoms with Gasteiger partial charge in [0.25, 0.3) is 0 Å². The Hall–Kier alpha value is -3.03. The molecule has 0 spiro atoms. The molecule has 146 valence electrons. The predicted octanol–water partition coefficient (Wildman–Crippen LogP) is 3.42. The monoisotopic (exact) mass is 389 g/mol. The van der Waals surface area contributed by atoms with Gasteiger partial charge in [0.1, 0.15) is 6.54 Å². The topological polar surface area (TPSA) is 43.9 Å². The van der Waals surface area contributed by atoms with E-state index in [2.05, 4.69) is 0 Å². The fraction of sp³-hybridized carbons (Fsp3) is 0.300. The maximum atomic E-state index is 12.9. The van der Waals surface area contributed by atoms with E-state index in [0.29, 0.717) is 24.5 Å². The van der Waals surface area contributed by atoms with Crippen molar-refractivity contribution in [1.82, 2.24) is 4.90 Å². The minimum Gasteiger partial charge on any atom is -0.338 e. The van der Waals surface area contributed by atoms with Gasteiger partial charge in [0.05, 0.1) is 23.0 Å². The molecular formula is C20H18F3N3O2. The zero-order valence-electron chi connectivity index (χ0n) is 15.1. The van der Waals surface area contributed by atoms with Crippen molar-refractivity contribution >= 4 is 28.9 Å². The molecule has 2 amide bonds. The summed E-state index contributed by atoms with van der Waals surface area (Å²) in [7, 11) is 0. The van der Waals surface area contributed by atoms with E-state index in [1.165, 1.54) is 24.0 Å². The van der Waals surface area contributed by atoms with E-state index in [1.54, 1.807) is 4.90 Å². The first-order valence-corrected chi connectivity index (χ1v) is 8.87. The van der Waals surface area contributed by atoms with Crippen LogP contribution in [-0.2, 0) is 15.8 Å². The number of fused-ring (bicyclic) bond motifs is 3. The molecule has 0 aliphatic carbocycles. The molecule has 0 N–H and O–H groups in total. The molecule has 0 radical (unpaired) electrons. The Bertz CT molecular complexity index is 927. The minimum atomic E-state index is -4.40. The van der Waals surface area contributed by atoms with Crippen LogP contribution in [0.2, 0.25) is 0 Å². The Morgan fingerprint density at radius 1 is 1.00 bits per heavy atom. The molecule has 2 aliphatic rings. The molecule has 2 aliphatic heterocycles. The molecular weight excluding hydrogens is 371 g/mol. The van der Waals surface area contributed by atoms with Gasteiger partial charge < -0.3 is 14.7 Å². The van der Waals surface area contributed by atoms with Crippen LogP contribution < -0.4 is 9.80 Å². The number of hydrogen-bond acceptors (Lipinski definition) is 3. The Kier molecular flexibility index (Phi) is 4.28. The number of piperazine rings is 1. The first-order chi connectivity index (χ1) is 13.3. The molecule has 2 aromatic carbocycles. The highest BCUT2D eigenvalue weighted by Gasteiger charge is 2.40. The summed E-state index contributed by atoms with van der Waals surface area (Å²) in [6.45, 7) is 2.22. The van der Waals surface area contributed by atoms with Crippen molar-refractivity contribution in [2.75, 3.05) is 29.4 Å². The van der Waals surface area contributed by atoms with Gasteiger partial charge in [0.2, 0.25) is 11.8 Å². The highest BCUT2D eigenvalue weighted by molar-refractivity contribution is 6.02. The normalized spacial score (nSPS) is 19.4. The molecule has 0 saturated carbocycles. The SMILES string of the molecule is CC(=O)N1CC(=O)N2c3ccccc3N(c3ccc(C(F)(F)F)cc3)C[C@H]2C1. The highest BCUT2D eigenvalue weighted by Crippen LogP contribution is 2.41. The lowest BCUT2D eigenvalue weighted by molar-refractivity contribution is -0.137. The molecule has 0 unspecified atom stereocenters. The molecule has 0 bridgehead atoms. The Morgan fingerprint density at radius 2 is 1.64 bits per heavy atom. The number of carbonyl (C=O) groups is 2. The van der Waals surface area contributed by atoms with Gasteiger partial charge in [0.15, 0.2) is 0 Å². The summed E-state index contributed by atoms with van der Waals surface area (Å²) in [6.07, 6.45) is -4.40. The maximum Gasteiger partial charge on any atom is 0.416 e. The quantitative estimate of drug-likeness (QED) is 0.751. The first-order valence-electron chi connectivity index (χ1n) is 8.87. The summed E-state index contributed by atoms with van der Waals surface area (Å²) in [4.78, 5) is 29.6. The van der Waals surface area contributed by atoms with Crippen molar-refractivity contribution in [1.29, 1.82) is 0 Å². The molecule has 4 rings (SSSR count). The van der Waals surface area contributed by atoms with E-state index in [9.17, 15) is 22.8 Å². The first kappa shape index (κ1) is 18.3. The van der Waals surface area contributed by atoms with Crippen molar-refractivity contribution in [3.05, 3.63) is 54.1 Å². The number of alkyl halides is 3. The number of rotatable bonds is 1. The number of para-hydroxylation sites is 2. The van der Waals surface area contributed by atoms with Gasteiger partial charge in [-0.1, -0.05) is 12.1 Å². The number of halogens is 3. The van der Waals surface area contributed by atoms with Crippen LogP contribution in [0.15, 0.2) is 48.5 Å². The second-order valence-corrected chi connectivity index (χ2v) is 6.96. The van der Waals surface area contributed by atoms with Gasteiger partial charge in [-0.15, -0.1) is 0 Å². The smallest absolute Gasteiger partial charge is 0.338 e. The fourth-order valence-electron chi connectivity index (χ4n) is 3.83. The van der Waals surface area contributed by atoms with Crippen LogP contribution >= 0.6 is 0 Å². The van der Waals surface area contributed by atoms with Crippen molar-refractivity contribution in [3.8, 4) is 0 Å². The molecule has 2 aromatic rings. The van der Waals surface area contributed by atoms with Crippen molar-refractivity contribution in [2.45, 2.75) is 19.1 Å². The van der Waals surface area contributed by atoms with Crippen LogP contribution in [0.5, 0.6) is 0 Å². The number of benzene rings is 2. The summed E-state index contributed by atoms with van der Waals surface area (Å²) < 4.78 is 38.7. The summed E-state index contributed by atoms with van der Waals surface area (Å²) in [5.41, 5.74) is 1.35. The molecule has 28 heavy (non-hydrogen) atoms. The predicted molar refractivity (Wildman–Crippen MR) is 98.4 cm³/mol. The third kappa shape index (κ3) is 3.08. The van der Waals surface area contributed by atoms with Crippen molar-refractivity contribution < 1.29 is 22.8 Å².